The van der Waals surface area contributed by atoms with Gasteiger partial charge in [0.1, 0.15) is 18.3 Å². The van der Waals surface area contributed by atoms with Crippen LogP contribution in [0.15, 0.2) is 75.8 Å². The zero-order valence-corrected chi connectivity index (χ0v) is 16.1. The fourth-order valence-corrected chi connectivity index (χ4v) is 3.96. The number of hydrogen-bond acceptors (Lipinski definition) is 7. The van der Waals surface area contributed by atoms with Crippen molar-refractivity contribution in [1.29, 1.82) is 0 Å². The largest absolute Gasteiger partial charge is 0.467 e. The van der Waals surface area contributed by atoms with Gasteiger partial charge in [-0.15, -0.1) is 21.5 Å². The molecule has 1 aliphatic rings. The van der Waals surface area contributed by atoms with E-state index in [0.29, 0.717) is 18.0 Å². The topological polar surface area (TPSA) is 89.4 Å². The lowest BCUT2D eigenvalue weighted by molar-refractivity contribution is -0.134. The van der Waals surface area contributed by atoms with Crippen LogP contribution in [0.25, 0.3) is 11.4 Å². The summed E-state index contributed by atoms with van der Waals surface area (Å²) in [5.41, 5.74) is 1.71. The van der Waals surface area contributed by atoms with Gasteiger partial charge in [-0.3, -0.25) is 4.79 Å². The van der Waals surface area contributed by atoms with E-state index in [1.54, 1.807) is 17.6 Å². The highest BCUT2D eigenvalue weighted by Crippen LogP contribution is 2.34. The zero-order chi connectivity index (χ0) is 19.6. The van der Waals surface area contributed by atoms with Gasteiger partial charge in [-0.05, 0) is 28.8 Å². The first kappa shape index (κ1) is 17.5. The van der Waals surface area contributed by atoms with Gasteiger partial charge in [-0.2, -0.15) is 9.90 Å². The molecule has 5 rings (SSSR count). The minimum Gasteiger partial charge on any atom is -0.467 e. The molecule has 0 bridgehead atoms. The molecule has 8 nitrogen and oxygen atoms in total. The van der Waals surface area contributed by atoms with Gasteiger partial charge in [0.25, 0.3) is 5.91 Å². The van der Waals surface area contributed by atoms with Crippen LogP contribution in [0.1, 0.15) is 23.1 Å². The van der Waals surface area contributed by atoms with E-state index in [9.17, 15) is 4.79 Å². The Kier molecular flexibility index (Phi) is 4.49. The number of nitrogens with zero attached hydrogens (tertiary/aromatic N) is 6. The van der Waals surface area contributed by atoms with Crippen LogP contribution in [0, 0.1) is 0 Å². The van der Waals surface area contributed by atoms with Crippen LogP contribution >= 0.6 is 11.3 Å². The molecule has 0 radical (unpaired) electrons. The van der Waals surface area contributed by atoms with Crippen molar-refractivity contribution >= 4 is 23.0 Å². The lowest BCUT2D eigenvalue weighted by atomic mass is 10.1. The Morgan fingerprint density at radius 1 is 1.14 bits per heavy atom. The van der Waals surface area contributed by atoms with Crippen LogP contribution in [0.2, 0.25) is 0 Å². The second-order valence-corrected chi connectivity index (χ2v) is 7.45. The van der Waals surface area contributed by atoms with Gasteiger partial charge in [-0.25, -0.2) is 5.01 Å². The predicted octanol–water partition coefficient (Wildman–Crippen LogP) is 3.37. The van der Waals surface area contributed by atoms with Crippen molar-refractivity contribution in [2.75, 3.05) is 0 Å². The van der Waals surface area contributed by atoms with Crippen LogP contribution in [-0.4, -0.2) is 36.8 Å². The number of aromatic nitrogens is 4. The molecule has 29 heavy (non-hydrogen) atoms. The second kappa shape index (κ2) is 7.44. The monoisotopic (exact) mass is 404 g/mol. The molecular formula is C20H16N6O2S. The summed E-state index contributed by atoms with van der Waals surface area (Å²) in [6, 6.07) is 16.9. The molecule has 0 unspecified atom stereocenters. The van der Waals surface area contributed by atoms with E-state index in [2.05, 4.69) is 20.5 Å². The normalized spacial score (nSPS) is 16.2. The Hall–Kier alpha value is -3.59. The van der Waals surface area contributed by atoms with E-state index in [1.807, 2.05) is 60.0 Å². The van der Waals surface area contributed by atoms with Crippen molar-refractivity contribution < 1.29 is 9.21 Å². The van der Waals surface area contributed by atoms with E-state index in [4.69, 9.17) is 4.42 Å². The molecule has 0 saturated heterocycles. The number of thiophene rings is 1. The predicted molar refractivity (Wildman–Crippen MR) is 107 cm³/mol. The number of amides is 1. The summed E-state index contributed by atoms with van der Waals surface area (Å²) in [7, 11) is 0. The molecule has 0 N–H and O–H groups in total. The third kappa shape index (κ3) is 3.47. The fraction of sp³-hybridized carbons (Fsp3) is 0.150. The highest BCUT2D eigenvalue weighted by Gasteiger charge is 2.35. The van der Waals surface area contributed by atoms with Crippen LogP contribution in [0.3, 0.4) is 0 Å². The average Bonchev–Trinajstić information content (AvgIpc) is 3.55. The molecule has 1 aromatic carbocycles. The number of hydrogen-bond donors (Lipinski definition) is 0. The minimum absolute atomic E-state index is 0.0573. The molecule has 0 aliphatic carbocycles. The lowest BCUT2D eigenvalue weighted by Gasteiger charge is -2.19. The highest BCUT2D eigenvalue weighted by molar-refractivity contribution is 7.12. The third-order valence-corrected chi connectivity index (χ3v) is 5.52. The van der Waals surface area contributed by atoms with Crippen LogP contribution < -0.4 is 0 Å². The first-order valence-electron chi connectivity index (χ1n) is 9.08. The van der Waals surface area contributed by atoms with Crippen molar-refractivity contribution in [1.82, 2.24) is 25.2 Å². The average molecular weight is 404 g/mol. The number of tetrazole rings is 1. The summed E-state index contributed by atoms with van der Waals surface area (Å²) in [5.74, 6) is 0.949. The molecule has 9 heteroatoms. The van der Waals surface area contributed by atoms with Crippen LogP contribution in [0.5, 0.6) is 0 Å². The van der Waals surface area contributed by atoms with E-state index in [1.165, 1.54) is 9.81 Å². The van der Waals surface area contributed by atoms with Crippen molar-refractivity contribution in [2.45, 2.75) is 19.0 Å². The number of carbonyl (C=O) groups excluding carboxylic acids is 1. The number of carbonyl (C=O) groups is 1. The van der Waals surface area contributed by atoms with Gasteiger partial charge in [0.2, 0.25) is 5.82 Å². The quantitative estimate of drug-likeness (QED) is 0.509. The molecule has 4 aromatic rings. The van der Waals surface area contributed by atoms with E-state index >= 15 is 0 Å². The summed E-state index contributed by atoms with van der Waals surface area (Å²) >= 11 is 1.60. The molecule has 0 saturated carbocycles. The maximum absolute atomic E-state index is 13.0. The van der Waals surface area contributed by atoms with Gasteiger partial charge >= 0.3 is 0 Å². The molecule has 144 valence electrons. The summed E-state index contributed by atoms with van der Waals surface area (Å²) in [6.45, 7) is -0.0573. The van der Waals surface area contributed by atoms with E-state index in [-0.39, 0.29) is 18.5 Å². The van der Waals surface area contributed by atoms with Crippen molar-refractivity contribution in [3.63, 3.8) is 0 Å². The first-order chi connectivity index (χ1) is 14.3. The van der Waals surface area contributed by atoms with Gasteiger partial charge < -0.3 is 4.42 Å². The summed E-state index contributed by atoms with van der Waals surface area (Å²) in [4.78, 5) is 15.4. The Morgan fingerprint density at radius 2 is 2.03 bits per heavy atom. The third-order valence-electron chi connectivity index (χ3n) is 4.60. The van der Waals surface area contributed by atoms with Gasteiger partial charge in [0.05, 0.1) is 16.9 Å². The Balaban J connectivity index is 1.39. The van der Waals surface area contributed by atoms with Crippen molar-refractivity contribution in [3.8, 4) is 11.4 Å². The standard InChI is InChI=1S/C20H16N6O2S/c27-19(13-25-23-20(21-24-25)14-6-2-1-3-7-14)26-16(17-8-4-10-28-17)12-15(22-26)18-9-5-11-29-18/h1-11,16H,12-13H2/t16-/m0/s1. The maximum Gasteiger partial charge on any atom is 0.267 e. The van der Waals surface area contributed by atoms with Gasteiger partial charge in [0.15, 0.2) is 0 Å². The number of rotatable bonds is 5. The maximum atomic E-state index is 13.0. The Morgan fingerprint density at radius 3 is 2.79 bits per heavy atom. The molecule has 1 amide bonds. The minimum atomic E-state index is -0.285. The second-order valence-electron chi connectivity index (χ2n) is 6.51. The SMILES string of the molecule is O=C(Cn1nnc(-c2ccccc2)n1)N1N=C(c2cccs2)C[C@H]1c1ccco1. The molecule has 4 heterocycles. The number of furan rings is 1. The Labute approximate surface area is 170 Å². The molecule has 0 spiro atoms. The van der Waals surface area contributed by atoms with E-state index < -0.39 is 0 Å². The molecule has 1 aliphatic heterocycles. The highest BCUT2D eigenvalue weighted by atomic mass is 32.1. The van der Waals surface area contributed by atoms with Crippen LogP contribution in [0.4, 0.5) is 0 Å². The Bertz CT molecular complexity index is 1140. The van der Waals surface area contributed by atoms with Crippen LogP contribution in [-0.2, 0) is 11.3 Å². The van der Waals surface area contributed by atoms with Crippen molar-refractivity contribution in [3.05, 3.63) is 76.9 Å². The smallest absolute Gasteiger partial charge is 0.267 e. The molecule has 3 aromatic heterocycles. The van der Waals surface area contributed by atoms with E-state index in [0.717, 1.165) is 16.2 Å². The van der Waals surface area contributed by atoms with Gasteiger partial charge in [-0.1, -0.05) is 36.4 Å². The van der Waals surface area contributed by atoms with Gasteiger partial charge in [0, 0.05) is 12.0 Å². The first-order valence-corrected chi connectivity index (χ1v) is 9.96. The lowest BCUT2D eigenvalue weighted by Crippen LogP contribution is -2.31. The zero-order valence-electron chi connectivity index (χ0n) is 15.3. The summed E-state index contributed by atoms with van der Waals surface area (Å²) in [5, 5.41) is 20.5. The summed E-state index contributed by atoms with van der Waals surface area (Å²) in [6.07, 6.45) is 2.20. The number of hydrazone groups is 1. The fourth-order valence-electron chi connectivity index (χ4n) is 3.24. The van der Waals surface area contributed by atoms with Crippen molar-refractivity contribution in [2.24, 2.45) is 5.10 Å². The molecule has 0 fully saturated rings. The number of benzene rings is 1. The molecular weight excluding hydrogens is 388 g/mol. The summed E-state index contributed by atoms with van der Waals surface area (Å²) < 4.78 is 5.56. The molecule has 1 atom stereocenters.